The van der Waals surface area contributed by atoms with Gasteiger partial charge in [0.05, 0.1) is 12.9 Å². The van der Waals surface area contributed by atoms with Crippen LogP contribution in [-0.4, -0.2) is 71.1 Å². The van der Waals surface area contributed by atoms with Crippen molar-refractivity contribution in [2.75, 3.05) is 11.9 Å². The highest BCUT2D eigenvalue weighted by Gasteiger charge is 2.48. The molecule has 4 N–H and O–H groups in total. The molecule has 43 heavy (non-hydrogen) atoms. The largest absolute Gasteiger partial charge is 0.387 e. The van der Waals surface area contributed by atoms with Crippen molar-refractivity contribution in [2.45, 2.75) is 56.4 Å². The number of nitrogens with zero attached hydrogens (tertiary/aromatic N) is 5. The van der Waals surface area contributed by atoms with Crippen LogP contribution in [0.5, 0.6) is 0 Å². The fraction of sp³-hybridized carbons (Fsp3) is 0.333. The molecule has 7 rings (SSSR count). The van der Waals surface area contributed by atoms with E-state index < -0.39 is 30.4 Å². The first-order chi connectivity index (χ1) is 20.9. The summed E-state index contributed by atoms with van der Waals surface area (Å²) in [7, 11) is 0. The minimum atomic E-state index is -1.39. The summed E-state index contributed by atoms with van der Waals surface area (Å²) >= 11 is 3.32. The number of nitrogens with one attached hydrogen (secondary N) is 2. The molecule has 222 valence electrons. The zero-order chi connectivity index (χ0) is 29.7. The summed E-state index contributed by atoms with van der Waals surface area (Å²) in [6.07, 6.45) is 2.39. The van der Waals surface area contributed by atoms with Crippen molar-refractivity contribution in [3.63, 3.8) is 0 Å². The van der Waals surface area contributed by atoms with Gasteiger partial charge in [-0.25, -0.2) is 19.3 Å². The Morgan fingerprint density at radius 1 is 1.09 bits per heavy atom. The number of anilines is 1. The summed E-state index contributed by atoms with van der Waals surface area (Å²) in [6.45, 7) is 0.939. The van der Waals surface area contributed by atoms with Crippen molar-refractivity contribution in [2.24, 2.45) is 0 Å². The van der Waals surface area contributed by atoms with E-state index in [9.17, 15) is 19.4 Å². The van der Waals surface area contributed by atoms with E-state index in [4.69, 9.17) is 4.74 Å². The summed E-state index contributed by atoms with van der Waals surface area (Å²) in [4.78, 5) is 25.7. The number of aromatic nitrogens is 5. The Morgan fingerprint density at radius 2 is 1.93 bits per heavy atom. The van der Waals surface area contributed by atoms with Gasteiger partial charge in [0.2, 0.25) is 0 Å². The van der Waals surface area contributed by atoms with E-state index in [1.54, 1.807) is 6.07 Å². The zero-order valence-electron chi connectivity index (χ0n) is 22.9. The van der Waals surface area contributed by atoms with Crippen molar-refractivity contribution in [3.8, 4) is 0 Å². The highest BCUT2D eigenvalue weighted by Crippen LogP contribution is 2.33. The lowest BCUT2D eigenvalue weighted by molar-refractivity contribution is -0.137. The minimum absolute atomic E-state index is 0.0982. The average molecular weight is 651 g/mol. The summed E-state index contributed by atoms with van der Waals surface area (Å²) in [5.74, 6) is -0.202. The van der Waals surface area contributed by atoms with Crippen LogP contribution in [0.3, 0.4) is 0 Å². The van der Waals surface area contributed by atoms with Crippen LogP contribution in [0.1, 0.15) is 30.2 Å². The van der Waals surface area contributed by atoms with Gasteiger partial charge in [0.1, 0.15) is 24.4 Å². The number of rotatable bonds is 9. The molecule has 13 heteroatoms. The Bertz CT molecular complexity index is 1820. The van der Waals surface area contributed by atoms with Gasteiger partial charge in [-0.1, -0.05) is 40.2 Å². The minimum Gasteiger partial charge on any atom is -0.387 e. The second kappa shape index (κ2) is 11.3. The van der Waals surface area contributed by atoms with Crippen LogP contribution < -0.4 is 10.6 Å². The molecule has 11 nitrogen and oxygen atoms in total. The number of carbonyl (C=O) groups is 1. The van der Waals surface area contributed by atoms with E-state index in [2.05, 4.69) is 58.3 Å². The molecular formula is C30H29BrFN7O4. The molecule has 3 aromatic heterocycles. The molecule has 2 aromatic carbocycles. The van der Waals surface area contributed by atoms with Crippen molar-refractivity contribution in [1.29, 1.82) is 0 Å². The molecule has 1 unspecified atom stereocenters. The average Bonchev–Trinajstić information content (AvgIpc) is 3.48. The normalized spacial score (nSPS) is 22.0. The van der Waals surface area contributed by atoms with E-state index in [1.807, 2.05) is 24.3 Å². The van der Waals surface area contributed by atoms with Crippen LogP contribution >= 0.6 is 15.9 Å². The lowest BCUT2D eigenvalue weighted by Gasteiger charge is -2.16. The summed E-state index contributed by atoms with van der Waals surface area (Å²) in [5.41, 5.74) is 3.58. The van der Waals surface area contributed by atoms with Crippen LogP contribution in [0.4, 0.5) is 10.2 Å². The van der Waals surface area contributed by atoms with E-state index >= 15 is 0 Å². The van der Waals surface area contributed by atoms with E-state index in [-0.39, 0.29) is 11.9 Å². The van der Waals surface area contributed by atoms with Crippen LogP contribution in [0, 0.1) is 5.82 Å². The van der Waals surface area contributed by atoms with Gasteiger partial charge in [-0.15, -0.1) is 0 Å². The zero-order valence-corrected chi connectivity index (χ0v) is 24.5. The van der Waals surface area contributed by atoms with E-state index in [0.29, 0.717) is 46.5 Å². The highest BCUT2D eigenvalue weighted by molar-refractivity contribution is 9.10. The second-order valence-electron chi connectivity index (χ2n) is 11.0. The van der Waals surface area contributed by atoms with Crippen molar-refractivity contribution in [3.05, 3.63) is 82.7 Å². The third-order valence-electron chi connectivity index (χ3n) is 7.97. The number of benzene rings is 2. The number of hydrogen-bond acceptors (Lipinski definition) is 8. The molecule has 5 aromatic rings. The molecule has 2 fully saturated rings. The molecule has 0 spiro atoms. The third kappa shape index (κ3) is 5.37. The molecule has 1 aliphatic heterocycles. The summed E-state index contributed by atoms with van der Waals surface area (Å²) in [5, 5.41) is 28.5. The van der Waals surface area contributed by atoms with Gasteiger partial charge in [0.15, 0.2) is 29.3 Å². The number of imidazole rings is 1. The van der Waals surface area contributed by atoms with Crippen LogP contribution in [0.25, 0.3) is 22.1 Å². The molecule has 4 heterocycles. The first-order valence-corrected chi connectivity index (χ1v) is 14.9. The standard InChI is InChI=1S/C30H29BrFN7O4/c31-18-6-5-17(21(32)11-18)13-38-12-16(20-3-1-2-4-22(20)38)9-10-33-27-23-28(35-14-34-27)39(15-36-23)30-25(41)24(40)26(43-30)29(42)37-19-7-8-19/h1-6,11-12,14-15,19,24-26,30,40-41H,7-10,13H2,(H,37,42)(H,33,34,35)/t24-,25+,26-,30?/m0/s1. The maximum atomic E-state index is 14.6. The summed E-state index contributed by atoms with van der Waals surface area (Å²) in [6, 6.07) is 13.2. The molecule has 1 saturated carbocycles. The van der Waals surface area contributed by atoms with Crippen LogP contribution in [-0.2, 0) is 22.5 Å². The molecule has 1 aliphatic carbocycles. The number of ether oxygens (including phenoxy) is 1. The highest BCUT2D eigenvalue weighted by atomic mass is 79.9. The number of para-hydroxylation sites is 1. The number of amides is 1. The fourth-order valence-electron chi connectivity index (χ4n) is 5.59. The Morgan fingerprint density at radius 3 is 2.74 bits per heavy atom. The Hall–Kier alpha value is -3.91. The van der Waals surface area contributed by atoms with Gasteiger partial charge in [0.25, 0.3) is 5.91 Å². The van der Waals surface area contributed by atoms with Crippen molar-refractivity contribution >= 4 is 49.7 Å². The molecule has 0 radical (unpaired) electrons. The monoisotopic (exact) mass is 649 g/mol. The predicted octanol–water partition coefficient (Wildman–Crippen LogP) is 3.28. The Labute approximate surface area is 253 Å². The Kier molecular flexibility index (Phi) is 7.33. The van der Waals surface area contributed by atoms with Gasteiger partial charge >= 0.3 is 0 Å². The van der Waals surface area contributed by atoms with Crippen LogP contribution in [0.2, 0.25) is 0 Å². The maximum absolute atomic E-state index is 14.6. The van der Waals surface area contributed by atoms with Crippen molar-refractivity contribution < 1.29 is 24.1 Å². The first kappa shape index (κ1) is 27.9. The molecular weight excluding hydrogens is 621 g/mol. The molecule has 1 amide bonds. The lowest BCUT2D eigenvalue weighted by Crippen LogP contribution is -2.43. The number of carbonyl (C=O) groups excluding carboxylic acids is 1. The molecule has 1 saturated heterocycles. The van der Waals surface area contributed by atoms with E-state index in [0.717, 1.165) is 29.3 Å². The SMILES string of the molecule is O=C(NC1CC1)[C@H]1OC(n2cnc3c(NCCc4cn(Cc5ccc(Br)cc5F)c5ccccc45)ncnc32)[C@H](O)[C@@H]1O. The van der Waals surface area contributed by atoms with Gasteiger partial charge in [-0.3, -0.25) is 9.36 Å². The quantitative estimate of drug-likeness (QED) is 0.191. The van der Waals surface area contributed by atoms with Gasteiger partial charge < -0.3 is 30.2 Å². The lowest BCUT2D eigenvalue weighted by atomic mass is 10.1. The fourth-order valence-corrected chi connectivity index (χ4v) is 5.92. The van der Waals surface area contributed by atoms with Gasteiger partial charge in [-0.2, -0.15) is 0 Å². The first-order valence-electron chi connectivity index (χ1n) is 14.1. The number of aliphatic hydroxyl groups excluding tert-OH is 2. The number of hydrogen-bond donors (Lipinski definition) is 4. The van der Waals surface area contributed by atoms with Gasteiger partial charge in [0, 0.05) is 39.7 Å². The maximum Gasteiger partial charge on any atom is 0.252 e. The van der Waals surface area contributed by atoms with Crippen LogP contribution in [0.15, 0.2) is 65.8 Å². The third-order valence-corrected chi connectivity index (χ3v) is 8.46. The smallest absolute Gasteiger partial charge is 0.252 e. The summed E-state index contributed by atoms with van der Waals surface area (Å²) < 4.78 is 24.7. The molecule has 2 aliphatic rings. The number of aliphatic hydroxyl groups is 2. The number of fused-ring (bicyclic) bond motifs is 2. The van der Waals surface area contributed by atoms with Crippen molar-refractivity contribution in [1.82, 2.24) is 29.4 Å². The Balaban J connectivity index is 1.07. The predicted molar refractivity (Wildman–Crippen MR) is 160 cm³/mol. The van der Waals surface area contributed by atoms with E-state index in [1.165, 1.54) is 23.3 Å². The number of halogens is 2. The molecule has 0 bridgehead atoms. The molecule has 4 atom stereocenters. The topological polar surface area (TPSA) is 139 Å². The van der Waals surface area contributed by atoms with Gasteiger partial charge in [-0.05, 0) is 43.0 Å². The second-order valence-corrected chi connectivity index (χ2v) is 11.9.